The average molecular weight is 314 g/mol. The van der Waals surface area contributed by atoms with Crippen molar-refractivity contribution in [3.05, 3.63) is 28.5 Å². The molecule has 0 bridgehead atoms. The Morgan fingerprint density at radius 3 is 2.72 bits per heavy atom. The van der Waals surface area contributed by atoms with Crippen molar-refractivity contribution in [3.8, 4) is 0 Å². The molecule has 0 aromatic carbocycles. The van der Waals surface area contributed by atoms with Gasteiger partial charge in [0.05, 0.1) is 5.56 Å². The third kappa shape index (κ3) is 5.14. The van der Waals surface area contributed by atoms with Gasteiger partial charge in [0, 0.05) is 19.3 Å². The molecule has 100 valence electrons. The predicted octanol–water partition coefficient (Wildman–Crippen LogP) is 2.31. The van der Waals surface area contributed by atoms with Crippen LogP contribution in [0.15, 0.2) is 22.9 Å². The molecule has 0 saturated carbocycles. The first-order valence-electron chi connectivity index (χ1n) is 6.29. The molecule has 0 unspecified atom stereocenters. The molecule has 4 nitrogen and oxygen atoms in total. The lowest BCUT2D eigenvalue weighted by Crippen LogP contribution is -2.35. The van der Waals surface area contributed by atoms with Gasteiger partial charge >= 0.3 is 0 Å². The number of nitrogens with one attached hydrogen (secondary N) is 1. The second kappa shape index (κ2) is 8.21. The third-order valence-electron chi connectivity index (χ3n) is 2.69. The Balaban J connectivity index is 2.35. The van der Waals surface area contributed by atoms with Gasteiger partial charge in [-0.15, -0.1) is 0 Å². The van der Waals surface area contributed by atoms with Crippen LogP contribution in [-0.4, -0.2) is 42.0 Å². The highest BCUT2D eigenvalue weighted by Gasteiger charge is 2.06. The van der Waals surface area contributed by atoms with Gasteiger partial charge in [-0.3, -0.25) is 4.79 Å². The topological polar surface area (TPSA) is 45.2 Å². The van der Waals surface area contributed by atoms with E-state index in [4.69, 9.17) is 0 Å². The van der Waals surface area contributed by atoms with E-state index in [1.807, 2.05) is 0 Å². The van der Waals surface area contributed by atoms with Gasteiger partial charge in [0.25, 0.3) is 5.91 Å². The number of amides is 1. The summed E-state index contributed by atoms with van der Waals surface area (Å²) in [5, 5.41) is 2.91. The van der Waals surface area contributed by atoms with Crippen LogP contribution in [-0.2, 0) is 0 Å². The molecule has 18 heavy (non-hydrogen) atoms. The first-order valence-corrected chi connectivity index (χ1v) is 7.08. The zero-order chi connectivity index (χ0) is 13.4. The number of nitrogens with zero attached hydrogens (tertiary/aromatic N) is 2. The Kier molecular flexibility index (Phi) is 6.90. The number of pyridine rings is 1. The maximum atomic E-state index is 11.8. The predicted molar refractivity (Wildman–Crippen MR) is 76.7 cm³/mol. The Morgan fingerprint density at radius 1 is 1.39 bits per heavy atom. The lowest BCUT2D eigenvalue weighted by Gasteiger charge is -2.19. The fourth-order valence-corrected chi connectivity index (χ4v) is 1.92. The van der Waals surface area contributed by atoms with E-state index >= 15 is 0 Å². The van der Waals surface area contributed by atoms with Crippen LogP contribution in [0.4, 0.5) is 0 Å². The van der Waals surface area contributed by atoms with Crippen LogP contribution in [0.2, 0.25) is 0 Å². The second-order valence-electron chi connectivity index (χ2n) is 4.06. The molecule has 0 radical (unpaired) electrons. The minimum atomic E-state index is -0.0671. The molecule has 1 heterocycles. The molecule has 0 fully saturated rings. The van der Waals surface area contributed by atoms with E-state index in [-0.39, 0.29) is 5.91 Å². The maximum Gasteiger partial charge on any atom is 0.252 e. The molecule has 0 atom stereocenters. The zero-order valence-electron chi connectivity index (χ0n) is 10.9. The quantitative estimate of drug-likeness (QED) is 0.786. The highest BCUT2D eigenvalue weighted by Crippen LogP contribution is 2.05. The molecular weight excluding hydrogens is 294 g/mol. The van der Waals surface area contributed by atoms with Gasteiger partial charge in [0.15, 0.2) is 0 Å². The molecule has 0 aliphatic rings. The van der Waals surface area contributed by atoms with Gasteiger partial charge in [-0.25, -0.2) is 4.98 Å². The average Bonchev–Trinajstić information content (AvgIpc) is 2.38. The van der Waals surface area contributed by atoms with Crippen LogP contribution in [0.1, 0.15) is 30.6 Å². The van der Waals surface area contributed by atoms with E-state index in [1.165, 1.54) is 0 Å². The van der Waals surface area contributed by atoms with Gasteiger partial charge in [-0.05, 0) is 47.6 Å². The highest BCUT2D eigenvalue weighted by atomic mass is 79.9. The summed E-state index contributed by atoms with van der Waals surface area (Å²) in [4.78, 5) is 18.2. The van der Waals surface area contributed by atoms with Crippen molar-refractivity contribution in [1.82, 2.24) is 15.2 Å². The Labute approximate surface area is 117 Å². The molecule has 1 amide bonds. The van der Waals surface area contributed by atoms with Crippen molar-refractivity contribution in [2.24, 2.45) is 0 Å². The van der Waals surface area contributed by atoms with Crippen molar-refractivity contribution in [3.63, 3.8) is 0 Å². The molecule has 0 spiro atoms. The second-order valence-corrected chi connectivity index (χ2v) is 4.87. The Hall–Kier alpha value is -0.940. The minimum Gasteiger partial charge on any atom is -0.351 e. The standard InChI is InChI=1S/C13H20BrN3O/c1-3-8-17(4-2)9-7-15-13(18)11-5-6-12(14)16-10-11/h5-6,10H,3-4,7-9H2,1-2H3,(H,15,18). The number of rotatable bonds is 7. The fourth-order valence-electron chi connectivity index (χ4n) is 1.68. The number of likely N-dealkylation sites (N-methyl/N-ethyl adjacent to an activating group) is 1. The molecule has 1 aromatic heterocycles. The summed E-state index contributed by atoms with van der Waals surface area (Å²) in [5.74, 6) is -0.0671. The Morgan fingerprint density at radius 2 is 2.17 bits per heavy atom. The van der Waals surface area contributed by atoms with Crippen LogP contribution in [0.25, 0.3) is 0 Å². The van der Waals surface area contributed by atoms with Crippen molar-refractivity contribution in [2.75, 3.05) is 26.2 Å². The highest BCUT2D eigenvalue weighted by molar-refractivity contribution is 9.10. The van der Waals surface area contributed by atoms with E-state index in [0.717, 1.165) is 30.7 Å². The van der Waals surface area contributed by atoms with Gasteiger partial charge in [-0.2, -0.15) is 0 Å². The van der Waals surface area contributed by atoms with Crippen LogP contribution < -0.4 is 5.32 Å². The van der Waals surface area contributed by atoms with Crippen molar-refractivity contribution in [2.45, 2.75) is 20.3 Å². The van der Waals surface area contributed by atoms with Gasteiger partial charge < -0.3 is 10.2 Å². The maximum absolute atomic E-state index is 11.8. The summed E-state index contributed by atoms with van der Waals surface area (Å²) >= 11 is 3.24. The van der Waals surface area contributed by atoms with Crippen molar-refractivity contribution < 1.29 is 4.79 Å². The van der Waals surface area contributed by atoms with E-state index < -0.39 is 0 Å². The summed E-state index contributed by atoms with van der Waals surface area (Å²) in [6.45, 7) is 7.95. The molecule has 1 N–H and O–H groups in total. The smallest absolute Gasteiger partial charge is 0.252 e. The number of carbonyl (C=O) groups excluding carboxylic acids is 1. The normalized spacial score (nSPS) is 10.7. The number of halogens is 1. The van der Waals surface area contributed by atoms with Gasteiger partial charge in [0.1, 0.15) is 4.60 Å². The van der Waals surface area contributed by atoms with E-state index in [2.05, 4.69) is 45.0 Å². The third-order valence-corrected chi connectivity index (χ3v) is 3.16. The molecule has 1 rings (SSSR count). The Bertz CT molecular complexity index is 367. The summed E-state index contributed by atoms with van der Waals surface area (Å²) in [7, 11) is 0. The van der Waals surface area contributed by atoms with Crippen LogP contribution in [0, 0.1) is 0 Å². The first kappa shape index (κ1) is 15.1. The summed E-state index contributed by atoms with van der Waals surface area (Å²) in [6, 6.07) is 3.53. The molecule has 0 aliphatic carbocycles. The monoisotopic (exact) mass is 313 g/mol. The van der Waals surface area contributed by atoms with Gasteiger partial charge in [0.2, 0.25) is 0 Å². The largest absolute Gasteiger partial charge is 0.351 e. The molecule has 1 aromatic rings. The lowest BCUT2D eigenvalue weighted by molar-refractivity contribution is 0.0948. The molecular formula is C13H20BrN3O. The van der Waals surface area contributed by atoms with Crippen LogP contribution >= 0.6 is 15.9 Å². The number of carbonyl (C=O) groups is 1. The molecule has 5 heteroatoms. The minimum absolute atomic E-state index is 0.0671. The van der Waals surface area contributed by atoms with E-state index in [1.54, 1.807) is 18.3 Å². The van der Waals surface area contributed by atoms with Crippen molar-refractivity contribution in [1.29, 1.82) is 0 Å². The zero-order valence-corrected chi connectivity index (χ0v) is 12.5. The molecule has 0 saturated heterocycles. The molecule has 0 aliphatic heterocycles. The number of hydrogen-bond acceptors (Lipinski definition) is 3. The summed E-state index contributed by atoms with van der Waals surface area (Å²) in [5.41, 5.74) is 0.594. The lowest BCUT2D eigenvalue weighted by atomic mass is 10.3. The summed E-state index contributed by atoms with van der Waals surface area (Å²) in [6.07, 6.45) is 2.71. The number of aromatic nitrogens is 1. The summed E-state index contributed by atoms with van der Waals surface area (Å²) < 4.78 is 0.735. The van der Waals surface area contributed by atoms with Crippen LogP contribution in [0.5, 0.6) is 0 Å². The number of hydrogen-bond donors (Lipinski definition) is 1. The van der Waals surface area contributed by atoms with E-state index in [0.29, 0.717) is 12.1 Å². The van der Waals surface area contributed by atoms with Crippen molar-refractivity contribution >= 4 is 21.8 Å². The SMILES string of the molecule is CCCN(CC)CCNC(=O)c1ccc(Br)nc1. The fraction of sp³-hybridized carbons (Fsp3) is 0.538. The first-order chi connectivity index (χ1) is 8.67. The van der Waals surface area contributed by atoms with Crippen LogP contribution in [0.3, 0.4) is 0 Å². The van der Waals surface area contributed by atoms with Gasteiger partial charge in [-0.1, -0.05) is 13.8 Å². The van der Waals surface area contributed by atoms with E-state index in [9.17, 15) is 4.79 Å².